The van der Waals surface area contributed by atoms with E-state index in [4.69, 9.17) is 0 Å². The zero-order valence-corrected chi connectivity index (χ0v) is 16.5. The van der Waals surface area contributed by atoms with Crippen molar-refractivity contribution >= 4 is 48.2 Å². The van der Waals surface area contributed by atoms with Crippen molar-refractivity contribution in [3.63, 3.8) is 0 Å². The average Bonchev–Trinajstić information content (AvgIpc) is 3.27. The summed E-state index contributed by atoms with van der Waals surface area (Å²) in [5.41, 5.74) is 2.30. The van der Waals surface area contributed by atoms with E-state index in [1.54, 1.807) is 24.4 Å². The van der Waals surface area contributed by atoms with E-state index in [-0.39, 0.29) is 10.8 Å². The molecule has 0 radical (unpaired) electrons. The number of sulfonamides is 1. The van der Waals surface area contributed by atoms with Crippen LogP contribution in [0.5, 0.6) is 5.88 Å². The number of aromatic nitrogens is 3. The molecule has 3 N–H and O–H groups in total. The highest BCUT2D eigenvalue weighted by molar-refractivity contribution is 7.92. The molecule has 0 spiro atoms. The SMILES string of the molecule is O=S(=O)(Nc1cccnc1)c1ccc2[nH]c(O)c(-c3nc4ccccc4s3)c2c1. The number of H-pyrrole nitrogens is 1. The van der Waals surface area contributed by atoms with Gasteiger partial charge in [0.2, 0.25) is 0 Å². The number of nitrogens with one attached hydrogen (secondary N) is 2. The van der Waals surface area contributed by atoms with Gasteiger partial charge in [-0.05, 0) is 42.5 Å². The van der Waals surface area contributed by atoms with Crippen molar-refractivity contribution in [1.82, 2.24) is 15.0 Å². The molecule has 0 saturated heterocycles. The summed E-state index contributed by atoms with van der Waals surface area (Å²) in [4.78, 5) is 11.5. The molecule has 0 fully saturated rings. The van der Waals surface area contributed by atoms with E-state index in [0.29, 0.717) is 27.2 Å². The van der Waals surface area contributed by atoms with Gasteiger partial charge in [-0.3, -0.25) is 9.71 Å². The van der Waals surface area contributed by atoms with Crippen LogP contribution in [-0.4, -0.2) is 28.5 Å². The topological polar surface area (TPSA) is 108 Å². The second-order valence-electron chi connectivity index (χ2n) is 6.39. The van der Waals surface area contributed by atoms with Crippen LogP contribution in [0.15, 0.2) is 71.9 Å². The number of para-hydroxylation sites is 1. The second kappa shape index (κ2) is 6.57. The molecule has 3 aromatic heterocycles. The van der Waals surface area contributed by atoms with Gasteiger partial charge in [0.25, 0.3) is 10.0 Å². The third kappa shape index (κ3) is 3.10. The molecule has 5 rings (SSSR count). The Labute approximate surface area is 169 Å². The molecule has 144 valence electrons. The number of thiazole rings is 1. The Kier molecular flexibility index (Phi) is 4.00. The number of pyridine rings is 1. The van der Waals surface area contributed by atoms with Gasteiger partial charge in [0, 0.05) is 17.1 Å². The first kappa shape index (κ1) is 17.7. The van der Waals surface area contributed by atoms with Crippen LogP contribution < -0.4 is 4.72 Å². The van der Waals surface area contributed by atoms with Gasteiger partial charge in [0.05, 0.1) is 32.6 Å². The van der Waals surface area contributed by atoms with Crippen molar-refractivity contribution in [3.8, 4) is 16.5 Å². The van der Waals surface area contributed by atoms with Crippen molar-refractivity contribution in [2.75, 3.05) is 4.72 Å². The first-order valence-corrected chi connectivity index (χ1v) is 10.9. The van der Waals surface area contributed by atoms with Crippen LogP contribution in [0.2, 0.25) is 0 Å². The van der Waals surface area contributed by atoms with Crippen LogP contribution >= 0.6 is 11.3 Å². The molecule has 0 bridgehead atoms. The van der Waals surface area contributed by atoms with Crippen molar-refractivity contribution < 1.29 is 13.5 Å². The van der Waals surface area contributed by atoms with E-state index in [9.17, 15) is 13.5 Å². The third-order valence-corrected chi connectivity index (χ3v) is 6.91. The number of fused-ring (bicyclic) bond motifs is 2. The summed E-state index contributed by atoms with van der Waals surface area (Å²) in [5.74, 6) is -0.0474. The molecule has 9 heteroatoms. The Morgan fingerprint density at radius 2 is 1.93 bits per heavy atom. The van der Waals surface area contributed by atoms with Crippen LogP contribution in [0.4, 0.5) is 5.69 Å². The number of hydrogen-bond acceptors (Lipinski definition) is 6. The molecule has 3 heterocycles. The Balaban J connectivity index is 1.64. The zero-order chi connectivity index (χ0) is 20.0. The van der Waals surface area contributed by atoms with Crippen LogP contribution in [0.3, 0.4) is 0 Å². The molecule has 7 nitrogen and oxygen atoms in total. The number of aromatic hydroxyl groups is 1. The van der Waals surface area contributed by atoms with Crippen LogP contribution in [-0.2, 0) is 10.0 Å². The molecule has 0 unspecified atom stereocenters. The summed E-state index contributed by atoms with van der Waals surface area (Å²) in [7, 11) is -3.82. The molecule has 0 amide bonds. The van der Waals surface area contributed by atoms with Gasteiger partial charge in [-0.1, -0.05) is 12.1 Å². The molecule has 5 aromatic rings. The lowest BCUT2D eigenvalue weighted by Gasteiger charge is -2.08. The van der Waals surface area contributed by atoms with E-state index in [2.05, 4.69) is 19.7 Å². The molecule has 2 aromatic carbocycles. The van der Waals surface area contributed by atoms with Crippen molar-refractivity contribution in [2.24, 2.45) is 0 Å². The lowest BCUT2D eigenvalue weighted by molar-refractivity contribution is 0.460. The maximum atomic E-state index is 12.8. The minimum atomic E-state index is -3.82. The molecular weight excluding hydrogens is 408 g/mol. The Morgan fingerprint density at radius 3 is 2.72 bits per heavy atom. The number of benzene rings is 2. The average molecular weight is 422 g/mol. The summed E-state index contributed by atoms with van der Waals surface area (Å²) < 4.78 is 29.1. The van der Waals surface area contributed by atoms with Crippen LogP contribution in [0.1, 0.15) is 0 Å². The summed E-state index contributed by atoms with van der Waals surface area (Å²) in [6.45, 7) is 0. The van der Waals surface area contributed by atoms with E-state index >= 15 is 0 Å². The zero-order valence-electron chi connectivity index (χ0n) is 14.8. The lowest BCUT2D eigenvalue weighted by Crippen LogP contribution is -2.12. The van der Waals surface area contributed by atoms with E-state index in [1.807, 2.05) is 24.3 Å². The van der Waals surface area contributed by atoms with E-state index in [0.717, 1.165) is 10.2 Å². The molecule has 0 aliphatic heterocycles. The van der Waals surface area contributed by atoms with Gasteiger partial charge in [0.15, 0.2) is 5.88 Å². The molecule has 0 saturated carbocycles. The van der Waals surface area contributed by atoms with Crippen molar-refractivity contribution in [2.45, 2.75) is 4.90 Å². The Morgan fingerprint density at radius 1 is 1.07 bits per heavy atom. The van der Waals surface area contributed by atoms with Crippen molar-refractivity contribution in [1.29, 1.82) is 0 Å². The first-order chi connectivity index (χ1) is 14.0. The minimum absolute atomic E-state index is 0.0474. The fourth-order valence-electron chi connectivity index (χ4n) is 3.16. The fraction of sp³-hybridized carbons (Fsp3) is 0. The number of hydrogen-bond donors (Lipinski definition) is 3. The third-order valence-electron chi connectivity index (χ3n) is 4.48. The first-order valence-electron chi connectivity index (χ1n) is 8.65. The van der Waals surface area contributed by atoms with Gasteiger partial charge in [-0.2, -0.15) is 0 Å². The van der Waals surface area contributed by atoms with Gasteiger partial charge >= 0.3 is 0 Å². The lowest BCUT2D eigenvalue weighted by atomic mass is 10.2. The van der Waals surface area contributed by atoms with Crippen LogP contribution in [0, 0.1) is 0 Å². The predicted octanol–water partition coefficient (Wildman–Crippen LogP) is 4.35. The molecule has 0 atom stereocenters. The standard InChI is InChI=1S/C20H14N4O3S2/c25-19-18(20-23-16-5-1-2-6-17(16)28-20)14-10-13(7-8-15(14)22-19)29(26,27)24-12-4-3-9-21-11-12/h1-11,22,24-25H. The number of aromatic amines is 1. The Hall–Kier alpha value is -3.43. The highest BCUT2D eigenvalue weighted by atomic mass is 32.2. The van der Waals surface area contributed by atoms with Gasteiger partial charge in [-0.15, -0.1) is 11.3 Å². The number of rotatable bonds is 4. The fourth-order valence-corrected chi connectivity index (χ4v) is 5.25. The van der Waals surface area contributed by atoms with Gasteiger partial charge < -0.3 is 10.1 Å². The second-order valence-corrected chi connectivity index (χ2v) is 9.10. The normalized spacial score (nSPS) is 11.9. The maximum Gasteiger partial charge on any atom is 0.261 e. The van der Waals surface area contributed by atoms with E-state index < -0.39 is 10.0 Å². The van der Waals surface area contributed by atoms with Crippen molar-refractivity contribution in [3.05, 3.63) is 67.0 Å². The van der Waals surface area contributed by atoms with Gasteiger partial charge in [0.1, 0.15) is 5.01 Å². The summed E-state index contributed by atoms with van der Waals surface area (Å²) >= 11 is 1.44. The highest BCUT2D eigenvalue weighted by Gasteiger charge is 2.21. The molecule has 0 aliphatic carbocycles. The maximum absolute atomic E-state index is 12.8. The molecule has 0 aliphatic rings. The quantitative estimate of drug-likeness (QED) is 0.399. The van der Waals surface area contributed by atoms with Crippen LogP contribution in [0.25, 0.3) is 31.7 Å². The summed E-state index contributed by atoms with van der Waals surface area (Å²) in [6, 6.07) is 15.6. The predicted molar refractivity (Wildman–Crippen MR) is 114 cm³/mol. The smallest absolute Gasteiger partial charge is 0.261 e. The molecule has 29 heavy (non-hydrogen) atoms. The summed E-state index contributed by atoms with van der Waals surface area (Å²) in [5, 5.41) is 11.7. The largest absolute Gasteiger partial charge is 0.494 e. The van der Waals surface area contributed by atoms with Gasteiger partial charge in [-0.25, -0.2) is 13.4 Å². The highest BCUT2D eigenvalue weighted by Crippen LogP contribution is 2.41. The Bertz CT molecular complexity index is 1420. The minimum Gasteiger partial charge on any atom is -0.494 e. The number of nitrogens with zero attached hydrogens (tertiary/aromatic N) is 2. The molecular formula is C20H14N4O3S2. The van der Waals surface area contributed by atoms with E-state index in [1.165, 1.54) is 29.7 Å². The summed E-state index contributed by atoms with van der Waals surface area (Å²) in [6.07, 6.45) is 3.00. The number of anilines is 1. The monoisotopic (exact) mass is 422 g/mol.